The van der Waals surface area contributed by atoms with Gasteiger partial charge in [-0.1, -0.05) is 43.6 Å². The van der Waals surface area contributed by atoms with E-state index < -0.39 is 0 Å². The zero-order valence-corrected chi connectivity index (χ0v) is 15.6. The molecule has 0 aliphatic heterocycles. The van der Waals surface area contributed by atoms with Crippen molar-refractivity contribution < 1.29 is 0 Å². The lowest BCUT2D eigenvalue weighted by atomic mass is 9.63. The van der Waals surface area contributed by atoms with E-state index in [1.165, 1.54) is 24.8 Å². The van der Waals surface area contributed by atoms with E-state index in [1.54, 1.807) is 0 Å². The number of H-pyrrole nitrogens is 1. The quantitative estimate of drug-likeness (QED) is 0.592. The number of fused-ring (bicyclic) bond motifs is 1. The van der Waals surface area contributed by atoms with E-state index in [4.69, 9.17) is 12.2 Å². The molecule has 0 amide bonds. The Morgan fingerprint density at radius 1 is 1.19 bits per heavy atom. The van der Waals surface area contributed by atoms with Crippen molar-refractivity contribution in [3.05, 3.63) is 27.4 Å². The molecule has 0 spiro atoms. The third-order valence-electron chi connectivity index (χ3n) is 4.58. The first-order valence-electron chi connectivity index (χ1n) is 7.57. The first kappa shape index (κ1) is 15.3. The fourth-order valence-electron chi connectivity index (χ4n) is 4.44. The highest BCUT2D eigenvalue weighted by Gasteiger charge is 2.39. The van der Waals surface area contributed by atoms with Crippen molar-refractivity contribution in [3.8, 4) is 0 Å². The summed E-state index contributed by atoms with van der Waals surface area (Å²) in [5.74, 6) is 0. The predicted octanol–water partition coefficient (Wildman–Crippen LogP) is 6.24. The first-order valence-corrected chi connectivity index (χ1v) is 8.77. The Balaban J connectivity index is 2.12. The van der Waals surface area contributed by atoms with Gasteiger partial charge in [-0.2, -0.15) is 0 Å². The Bertz CT molecular complexity index is 723. The Kier molecular flexibility index (Phi) is 3.61. The summed E-state index contributed by atoms with van der Waals surface area (Å²) >= 11 is 9.15. The van der Waals surface area contributed by atoms with Gasteiger partial charge < -0.3 is 9.55 Å². The van der Waals surface area contributed by atoms with Crippen molar-refractivity contribution in [1.29, 1.82) is 0 Å². The van der Waals surface area contributed by atoms with Crippen molar-refractivity contribution in [2.75, 3.05) is 0 Å². The largest absolute Gasteiger partial charge is 0.331 e. The van der Waals surface area contributed by atoms with Crippen molar-refractivity contribution >= 4 is 39.2 Å². The number of aromatic nitrogens is 2. The smallest absolute Gasteiger partial charge is 0.178 e. The molecule has 3 rings (SSSR count). The second-order valence-corrected chi connectivity index (χ2v) is 9.33. The monoisotopic (exact) mass is 366 g/mol. The molecule has 2 nitrogen and oxygen atoms in total. The first-order chi connectivity index (χ1) is 9.67. The Morgan fingerprint density at radius 3 is 2.43 bits per heavy atom. The van der Waals surface area contributed by atoms with E-state index in [-0.39, 0.29) is 0 Å². The lowest BCUT2D eigenvalue weighted by molar-refractivity contribution is 0.0733. The highest BCUT2D eigenvalue weighted by Crippen LogP contribution is 2.50. The Hall–Kier alpha value is -0.610. The van der Waals surface area contributed by atoms with Crippen LogP contribution in [0.25, 0.3) is 11.0 Å². The molecule has 0 atom stereocenters. The normalized spacial score (nSPS) is 21.8. The van der Waals surface area contributed by atoms with Gasteiger partial charge >= 0.3 is 0 Å². The summed E-state index contributed by atoms with van der Waals surface area (Å²) in [7, 11) is 0. The summed E-state index contributed by atoms with van der Waals surface area (Å²) in [5.41, 5.74) is 3.07. The third kappa shape index (κ3) is 2.98. The molecule has 1 saturated carbocycles. The van der Waals surface area contributed by atoms with Gasteiger partial charge in [-0.05, 0) is 60.5 Å². The number of nitrogens with zero attached hydrogens (tertiary/aromatic N) is 1. The van der Waals surface area contributed by atoms with Gasteiger partial charge in [0.2, 0.25) is 0 Å². The van der Waals surface area contributed by atoms with Crippen LogP contribution in [-0.2, 0) is 0 Å². The van der Waals surface area contributed by atoms with Crippen LogP contribution in [-0.4, -0.2) is 9.55 Å². The number of rotatable bonds is 1. The van der Waals surface area contributed by atoms with Gasteiger partial charge in [-0.3, -0.25) is 0 Å². The van der Waals surface area contributed by atoms with E-state index in [2.05, 4.69) is 71.4 Å². The minimum Gasteiger partial charge on any atom is -0.331 e. The SMILES string of the molecule is CC1(C)CC(n2c(=S)[nH]c3cc(Br)ccc32)CC(C)(C)C1. The van der Waals surface area contributed by atoms with Gasteiger partial charge in [0.1, 0.15) is 0 Å². The topological polar surface area (TPSA) is 20.7 Å². The third-order valence-corrected chi connectivity index (χ3v) is 5.37. The summed E-state index contributed by atoms with van der Waals surface area (Å²) in [6, 6.07) is 6.85. The molecule has 0 unspecified atom stereocenters. The molecule has 1 aliphatic carbocycles. The maximum atomic E-state index is 5.62. The van der Waals surface area contributed by atoms with Crippen LogP contribution in [0.1, 0.15) is 53.0 Å². The van der Waals surface area contributed by atoms with Crippen LogP contribution in [0.4, 0.5) is 0 Å². The van der Waals surface area contributed by atoms with Crippen LogP contribution in [0.2, 0.25) is 0 Å². The highest BCUT2D eigenvalue weighted by atomic mass is 79.9. The second-order valence-electron chi connectivity index (χ2n) is 8.03. The maximum absolute atomic E-state index is 5.62. The van der Waals surface area contributed by atoms with E-state index in [0.717, 1.165) is 14.8 Å². The molecule has 1 aromatic heterocycles. The van der Waals surface area contributed by atoms with Crippen LogP contribution < -0.4 is 0 Å². The summed E-state index contributed by atoms with van der Waals surface area (Å²) < 4.78 is 4.28. The van der Waals surface area contributed by atoms with Crippen LogP contribution in [0.3, 0.4) is 0 Å². The molecule has 2 aromatic rings. The predicted molar refractivity (Wildman–Crippen MR) is 95.3 cm³/mol. The van der Waals surface area contributed by atoms with Gasteiger partial charge in [0, 0.05) is 10.5 Å². The molecule has 1 N–H and O–H groups in total. The van der Waals surface area contributed by atoms with Crippen LogP contribution >= 0.6 is 28.1 Å². The molecule has 1 aromatic carbocycles. The van der Waals surface area contributed by atoms with E-state index in [9.17, 15) is 0 Å². The number of benzene rings is 1. The van der Waals surface area contributed by atoms with Gasteiger partial charge in [0.15, 0.2) is 4.77 Å². The zero-order valence-electron chi connectivity index (χ0n) is 13.2. The lowest BCUT2D eigenvalue weighted by Crippen LogP contribution is -2.35. The highest BCUT2D eigenvalue weighted by molar-refractivity contribution is 9.10. The molecule has 1 fully saturated rings. The summed E-state index contributed by atoms with van der Waals surface area (Å²) in [6.45, 7) is 9.54. The van der Waals surface area contributed by atoms with Crippen LogP contribution in [0, 0.1) is 15.6 Å². The van der Waals surface area contributed by atoms with Gasteiger partial charge in [-0.25, -0.2) is 0 Å². The van der Waals surface area contributed by atoms with Gasteiger partial charge in [-0.15, -0.1) is 0 Å². The molecular weight excluding hydrogens is 344 g/mol. The summed E-state index contributed by atoms with van der Waals surface area (Å²) in [6.07, 6.45) is 3.65. The minimum absolute atomic E-state index is 0.361. The number of hydrogen-bond donors (Lipinski definition) is 1. The average molecular weight is 367 g/mol. The molecule has 21 heavy (non-hydrogen) atoms. The molecule has 114 valence electrons. The van der Waals surface area contributed by atoms with Crippen molar-refractivity contribution in [3.63, 3.8) is 0 Å². The summed E-state index contributed by atoms with van der Waals surface area (Å²) in [5, 5.41) is 0. The van der Waals surface area contributed by atoms with Gasteiger partial charge in [0.05, 0.1) is 11.0 Å². The molecule has 0 saturated heterocycles. The Labute approximate surface area is 140 Å². The Morgan fingerprint density at radius 2 is 1.81 bits per heavy atom. The fraction of sp³-hybridized carbons (Fsp3) is 0.588. The van der Waals surface area contributed by atoms with Crippen LogP contribution in [0.5, 0.6) is 0 Å². The second kappa shape index (κ2) is 4.95. The standard InChI is InChI=1S/C17H23BrN2S/c1-16(2)8-12(9-17(3,4)10-16)20-14-6-5-11(18)7-13(14)19-15(20)21/h5-7,12H,8-10H2,1-4H3,(H,19,21). The van der Waals surface area contributed by atoms with E-state index in [1.807, 2.05) is 0 Å². The lowest BCUT2D eigenvalue weighted by Gasteiger charge is -2.45. The van der Waals surface area contributed by atoms with Gasteiger partial charge in [0.25, 0.3) is 0 Å². The number of aromatic amines is 1. The zero-order chi connectivity index (χ0) is 15.4. The molecule has 0 bridgehead atoms. The molecule has 1 aliphatic rings. The van der Waals surface area contributed by atoms with Crippen molar-refractivity contribution in [2.24, 2.45) is 10.8 Å². The fourth-order valence-corrected chi connectivity index (χ4v) is 5.15. The van der Waals surface area contributed by atoms with Crippen molar-refractivity contribution in [2.45, 2.75) is 53.0 Å². The molecule has 4 heteroatoms. The molecular formula is C17H23BrN2S. The van der Waals surface area contributed by atoms with Crippen molar-refractivity contribution in [1.82, 2.24) is 9.55 Å². The number of hydrogen-bond acceptors (Lipinski definition) is 1. The molecule has 0 radical (unpaired) electrons. The summed E-state index contributed by atoms with van der Waals surface area (Å²) in [4.78, 5) is 3.37. The number of halogens is 1. The number of nitrogens with one attached hydrogen (secondary N) is 1. The van der Waals surface area contributed by atoms with E-state index >= 15 is 0 Å². The number of imidazole rings is 1. The minimum atomic E-state index is 0.361. The van der Waals surface area contributed by atoms with Crippen LogP contribution in [0.15, 0.2) is 22.7 Å². The van der Waals surface area contributed by atoms with E-state index in [0.29, 0.717) is 16.9 Å². The average Bonchev–Trinajstić information content (AvgIpc) is 2.59. The maximum Gasteiger partial charge on any atom is 0.178 e. The molecule has 1 heterocycles.